The van der Waals surface area contributed by atoms with Crippen molar-refractivity contribution in [2.24, 2.45) is 0 Å². The number of aromatic nitrogens is 2. The van der Waals surface area contributed by atoms with Gasteiger partial charge in [-0.1, -0.05) is 40.3 Å². The monoisotopic (exact) mass is 428 g/mol. The quantitative estimate of drug-likeness (QED) is 0.403. The second-order valence-electron chi connectivity index (χ2n) is 7.47. The molecular weight excluding hydrogens is 408 g/mol. The molecule has 0 bridgehead atoms. The van der Waals surface area contributed by atoms with Crippen molar-refractivity contribution in [1.29, 1.82) is 0 Å². The number of thiazole rings is 2. The minimum absolute atomic E-state index is 0.784. The largest absolute Gasteiger partial charge is 0.345 e. The molecule has 1 aliphatic rings. The van der Waals surface area contributed by atoms with Gasteiger partial charge in [0.2, 0.25) is 0 Å². The van der Waals surface area contributed by atoms with Gasteiger partial charge >= 0.3 is 0 Å². The van der Waals surface area contributed by atoms with Gasteiger partial charge in [0.1, 0.15) is 0 Å². The number of hydrogen-bond donors (Lipinski definition) is 0. The topological polar surface area (TPSA) is 32.3 Å². The predicted octanol–water partition coefficient (Wildman–Crippen LogP) is 5.81. The molecule has 28 heavy (non-hydrogen) atoms. The summed E-state index contributed by atoms with van der Waals surface area (Å²) in [5.41, 5.74) is 5.94. The Morgan fingerprint density at radius 1 is 0.821 bits per heavy atom. The lowest BCUT2D eigenvalue weighted by Gasteiger charge is -2.34. The van der Waals surface area contributed by atoms with Gasteiger partial charge in [0.15, 0.2) is 10.3 Å². The smallest absolute Gasteiger partial charge is 0.186 e. The van der Waals surface area contributed by atoms with E-state index in [0.29, 0.717) is 0 Å². The van der Waals surface area contributed by atoms with Gasteiger partial charge in [0.25, 0.3) is 0 Å². The molecule has 1 aliphatic heterocycles. The molecule has 7 heteroatoms. The van der Waals surface area contributed by atoms with E-state index >= 15 is 0 Å². The Morgan fingerprint density at radius 2 is 1.50 bits per heavy atom. The normalized spacial score (nSPS) is 15.1. The van der Waals surface area contributed by atoms with Crippen molar-refractivity contribution in [3.05, 3.63) is 46.0 Å². The number of hydrogen-bond acceptors (Lipinski definition) is 6. The van der Waals surface area contributed by atoms with Gasteiger partial charge in [0, 0.05) is 31.2 Å². The first kappa shape index (κ1) is 18.2. The number of nitrogens with zero attached hydrogens (tertiary/aromatic N) is 4. The molecule has 0 saturated carbocycles. The molecule has 1 saturated heterocycles. The summed E-state index contributed by atoms with van der Waals surface area (Å²) < 4.78 is 2.47. The molecule has 3 heterocycles. The van der Waals surface area contributed by atoms with Crippen LogP contribution in [0.2, 0.25) is 5.02 Å². The van der Waals surface area contributed by atoms with E-state index in [1.807, 2.05) is 23.5 Å². The molecule has 0 spiro atoms. The number of benzene rings is 2. The van der Waals surface area contributed by atoms with Crippen molar-refractivity contribution in [1.82, 2.24) is 9.97 Å². The lowest BCUT2D eigenvalue weighted by atomic mass is 10.1. The van der Waals surface area contributed by atoms with Crippen LogP contribution in [0.15, 0.2) is 24.3 Å². The molecule has 2 aromatic carbocycles. The van der Waals surface area contributed by atoms with Crippen LogP contribution in [-0.2, 0) is 0 Å². The van der Waals surface area contributed by atoms with Crippen LogP contribution < -0.4 is 9.80 Å². The predicted molar refractivity (Wildman–Crippen MR) is 123 cm³/mol. The highest BCUT2D eigenvalue weighted by molar-refractivity contribution is 7.22. The molecule has 0 atom stereocenters. The Labute approximate surface area is 177 Å². The van der Waals surface area contributed by atoms with Crippen LogP contribution in [0, 0.1) is 20.8 Å². The molecule has 4 aromatic rings. The average molecular weight is 429 g/mol. The molecule has 144 valence electrons. The fourth-order valence-corrected chi connectivity index (χ4v) is 6.41. The van der Waals surface area contributed by atoms with E-state index in [1.165, 1.54) is 20.5 Å². The maximum absolute atomic E-state index is 6.21. The van der Waals surface area contributed by atoms with Crippen LogP contribution in [0.25, 0.3) is 20.4 Å². The van der Waals surface area contributed by atoms with Crippen LogP contribution in [0.3, 0.4) is 0 Å². The number of piperazine rings is 1. The Kier molecular flexibility index (Phi) is 4.45. The third-order valence-corrected chi connectivity index (χ3v) is 7.82. The fraction of sp³-hybridized carbons (Fsp3) is 0.333. The Bertz CT molecular complexity index is 1090. The lowest BCUT2D eigenvalue weighted by Crippen LogP contribution is -2.46. The van der Waals surface area contributed by atoms with E-state index < -0.39 is 0 Å². The van der Waals surface area contributed by atoms with Gasteiger partial charge in [-0.05, 0) is 55.7 Å². The second kappa shape index (κ2) is 6.87. The van der Waals surface area contributed by atoms with Gasteiger partial charge in [-0.3, -0.25) is 0 Å². The molecule has 0 radical (unpaired) electrons. The number of fused-ring (bicyclic) bond motifs is 2. The fourth-order valence-electron chi connectivity index (χ4n) is 3.87. The highest BCUT2D eigenvalue weighted by Gasteiger charge is 2.23. The summed E-state index contributed by atoms with van der Waals surface area (Å²) in [6.07, 6.45) is 0. The number of aryl methyl sites for hydroxylation is 3. The molecule has 0 amide bonds. The lowest BCUT2D eigenvalue weighted by molar-refractivity contribution is 0.651. The van der Waals surface area contributed by atoms with Gasteiger partial charge < -0.3 is 9.80 Å². The van der Waals surface area contributed by atoms with Gasteiger partial charge in [0.05, 0.1) is 20.4 Å². The molecule has 1 fully saturated rings. The van der Waals surface area contributed by atoms with Crippen molar-refractivity contribution < 1.29 is 0 Å². The maximum Gasteiger partial charge on any atom is 0.186 e. The third kappa shape index (κ3) is 3.13. The van der Waals surface area contributed by atoms with E-state index in [0.717, 1.165) is 58.1 Å². The molecule has 5 rings (SSSR count). The number of halogens is 1. The second-order valence-corrected chi connectivity index (χ2v) is 9.89. The van der Waals surface area contributed by atoms with Crippen molar-refractivity contribution in [3.8, 4) is 0 Å². The minimum Gasteiger partial charge on any atom is -0.345 e. The van der Waals surface area contributed by atoms with Crippen LogP contribution in [0.4, 0.5) is 10.3 Å². The highest BCUT2D eigenvalue weighted by atomic mass is 35.5. The zero-order valence-corrected chi connectivity index (χ0v) is 18.5. The minimum atomic E-state index is 0.784. The third-order valence-electron chi connectivity index (χ3n) is 5.27. The molecule has 0 unspecified atom stereocenters. The zero-order chi connectivity index (χ0) is 19.4. The van der Waals surface area contributed by atoms with Crippen LogP contribution >= 0.6 is 34.3 Å². The summed E-state index contributed by atoms with van der Waals surface area (Å²) in [6.45, 7) is 10.2. The standard InChI is InChI=1S/C21H21ClN4S2/c1-12-8-14(3)19-16(9-12)23-20(28-19)25-4-6-26(7-5-25)21-24-18-13(2)10-15(22)11-17(18)27-21/h8-11H,4-7H2,1-3H3. The van der Waals surface area contributed by atoms with Gasteiger partial charge in [-0.15, -0.1) is 0 Å². The summed E-state index contributed by atoms with van der Waals surface area (Å²) in [4.78, 5) is 14.6. The summed E-state index contributed by atoms with van der Waals surface area (Å²) in [7, 11) is 0. The van der Waals surface area contributed by atoms with Crippen LogP contribution in [0.1, 0.15) is 16.7 Å². The first-order valence-electron chi connectivity index (χ1n) is 9.42. The first-order valence-corrected chi connectivity index (χ1v) is 11.4. The molecule has 4 nitrogen and oxygen atoms in total. The molecule has 0 aliphatic carbocycles. The van der Waals surface area contributed by atoms with E-state index in [9.17, 15) is 0 Å². The van der Waals surface area contributed by atoms with Crippen LogP contribution in [-0.4, -0.2) is 36.1 Å². The summed E-state index contributed by atoms with van der Waals surface area (Å²) in [5.74, 6) is 0. The average Bonchev–Trinajstić information content (AvgIpc) is 3.26. The van der Waals surface area contributed by atoms with Gasteiger partial charge in [-0.2, -0.15) is 0 Å². The Balaban J connectivity index is 1.36. The highest BCUT2D eigenvalue weighted by Crippen LogP contribution is 2.35. The molecule has 0 N–H and O–H groups in total. The summed E-state index contributed by atoms with van der Waals surface area (Å²) >= 11 is 9.76. The van der Waals surface area contributed by atoms with Crippen molar-refractivity contribution >= 4 is 65.0 Å². The van der Waals surface area contributed by atoms with Crippen LogP contribution in [0.5, 0.6) is 0 Å². The number of anilines is 2. The first-order chi connectivity index (χ1) is 13.5. The van der Waals surface area contributed by atoms with Crippen molar-refractivity contribution in [2.45, 2.75) is 20.8 Å². The zero-order valence-electron chi connectivity index (χ0n) is 16.1. The van der Waals surface area contributed by atoms with E-state index in [-0.39, 0.29) is 0 Å². The molecule has 2 aromatic heterocycles. The molecular formula is C21H21ClN4S2. The summed E-state index contributed by atoms with van der Waals surface area (Å²) in [6, 6.07) is 8.44. The van der Waals surface area contributed by atoms with E-state index in [1.54, 1.807) is 11.3 Å². The van der Waals surface area contributed by atoms with Crippen molar-refractivity contribution in [2.75, 3.05) is 36.0 Å². The maximum atomic E-state index is 6.21. The van der Waals surface area contributed by atoms with Crippen molar-refractivity contribution in [3.63, 3.8) is 0 Å². The Morgan fingerprint density at radius 3 is 2.21 bits per heavy atom. The SMILES string of the molecule is Cc1cc(C)c2sc(N3CCN(c4nc5c(C)cc(Cl)cc5s4)CC3)nc2c1. The van der Waals surface area contributed by atoms with E-state index in [2.05, 4.69) is 42.7 Å². The number of rotatable bonds is 2. The van der Waals surface area contributed by atoms with Gasteiger partial charge in [-0.25, -0.2) is 9.97 Å². The summed E-state index contributed by atoms with van der Waals surface area (Å²) in [5, 5.41) is 3.01. The van der Waals surface area contributed by atoms with E-state index in [4.69, 9.17) is 21.6 Å². The Hall–Kier alpha value is -1.89.